The number of hydrogen-bond acceptors (Lipinski definition) is 7. The predicted octanol–water partition coefficient (Wildman–Crippen LogP) is 1.23. The van der Waals surface area contributed by atoms with Gasteiger partial charge < -0.3 is 31.1 Å². The standard InChI is InChI=1S/C22H29N5O4/c1-26(2)21-6-4-5-19(27(21)30)22(29)25-18-11-14(17(23)12-20(18)31-3)13-24-15-7-9-16(28)10-8-15/h4-6,11-13,15-16,23,28-30H,7-10H2,1-3H3/p+1/t15-,16-. The molecule has 5 N–H and O–H groups in total. The molecule has 0 spiro atoms. The SMILES string of the molecule is COC1=CC(=N)/C(=C\N[C@H]2CC[C@H](O)CC2)C=C1NC(=O)c1cccc(N(C)C)[n+]1O. The molecule has 1 amide bonds. The van der Waals surface area contributed by atoms with E-state index in [1.165, 1.54) is 19.3 Å². The van der Waals surface area contributed by atoms with E-state index in [-0.39, 0.29) is 23.6 Å². The van der Waals surface area contributed by atoms with E-state index >= 15 is 0 Å². The average molecular weight is 429 g/mol. The molecule has 0 bridgehead atoms. The number of anilines is 1. The van der Waals surface area contributed by atoms with Crippen LogP contribution in [0.1, 0.15) is 36.2 Å². The smallest absolute Gasteiger partial charge is 0.316 e. The molecule has 9 nitrogen and oxygen atoms in total. The van der Waals surface area contributed by atoms with Gasteiger partial charge in [-0.05, 0) is 48.6 Å². The van der Waals surface area contributed by atoms with Crippen LogP contribution in [0, 0.1) is 5.41 Å². The summed E-state index contributed by atoms with van der Waals surface area (Å²) in [7, 11) is 5.00. The van der Waals surface area contributed by atoms with E-state index in [2.05, 4.69) is 10.6 Å². The van der Waals surface area contributed by atoms with Gasteiger partial charge >= 0.3 is 5.82 Å². The molecule has 1 aromatic heterocycles. The summed E-state index contributed by atoms with van der Waals surface area (Å²) < 4.78 is 6.17. The van der Waals surface area contributed by atoms with E-state index in [0.29, 0.717) is 22.8 Å². The lowest BCUT2D eigenvalue weighted by molar-refractivity contribution is -0.895. The van der Waals surface area contributed by atoms with Crippen LogP contribution in [0.4, 0.5) is 5.82 Å². The number of methoxy groups -OCH3 is 1. The van der Waals surface area contributed by atoms with E-state index in [4.69, 9.17) is 10.1 Å². The Hall–Kier alpha value is -3.33. The van der Waals surface area contributed by atoms with Gasteiger partial charge in [0.05, 0.1) is 38.7 Å². The normalized spacial score (nSPS) is 22.5. The third-order valence-corrected chi connectivity index (χ3v) is 5.43. The molecule has 1 fully saturated rings. The number of carbonyl (C=O) groups is 1. The number of hydrogen-bond donors (Lipinski definition) is 5. The van der Waals surface area contributed by atoms with E-state index in [1.807, 2.05) is 0 Å². The maximum Gasteiger partial charge on any atom is 0.316 e. The zero-order valence-corrected chi connectivity index (χ0v) is 18.1. The molecule has 9 heteroatoms. The van der Waals surface area contributed by atoms with Crippen molar-refractivity contribution in [1.29, 1.82) is 5.41 Å². The second-order valence-electron chi connectivity index (χ2n) is 7.89. The molecule has 166 valence electrons. The third-order valence-electron chi connectivity index (χ3n) is 5.43. The van der Waals surface area contributed by atoms with Crippen molar-refractivity contribution < 1.29 is 24.6 Å². The first kappa shape index (κ1) is 22.4. The van der Waals surface area contributed by atoms with Gasteiger partial charge in [0.1, 0.15) is 5.76 Å². The van der Waals surface area contributed by atoms with Crippen LogP contribution in [0.5, 0.6) is 0 Å². The Balaban J connectivity index is 1.79. The topological polar surface area (TPSA) is 122 Å². The Labute approximate surface area is 181 Å². The first-order valence-electron chi connectivity index (χ1n) is 10.2. The van der Waals surface area contributed by atoms with Crippen LogP contribution in [0.25, 0.3) is 0 Å². The highest BCUT2D eigenvalue weighted by Crippen LogP contribution is 2.21. The van der Waals surface area contributed by atoms with Crippen molar-refractivity contribution in [2.75, 3.05) is 26.1 Å². The lowest BCUT2D eigenvalue weighted by Gasteiger charge is -2.26. The number of aromatic nitrogens is 1. The van der Waals surface area contributed by atoms with Gasteiger partial charge in [0, 0.05) is 30.0 Å². The van der Waals surface area contributed by atoms with Crippen molar-refractivity contribution in [2.24, 2.45) is 0 Å². The minimum Gasteiger partial charge on any atom is -0.494 e. The molecule has 0 atom stereocenters. The number of pyridine rings is 1. The molecule has 3 rings (SSSR count). The van der Waals surface area contributed by atoms with Crippen molar-refractivity contribution in [3.63, 3.8) is 0 Å². The van der Waals surface area contributed by atoms with E-state index < -0.39 is 5.91 Å². The zero-order chi connectivity index (χ0) is 22.5. The molecule has 2 aliphatic rings. The van der Waals surface area contributed by atoms with Gasteiger partial charge in [0.2, 0.25) is 5.69 Å². The van der Waals surface area contributed by atoms with Crippen molar-refractivity contribution in [2.45, 2.75) is 37.8 Å². The highest BCUT2D eigenvalue weighted by molar-refractivity contribution is 6.10. The van der Waals surface area contributed by atoms with Crippen LogP contribution in [0.2, 0.25) is 0 Å². The number of nitrogens with zero attached hydrogens (tertiary/aromatic N) is 2. The number of carbonyl (C=O) groups excluding carboxylic acids is 1. The Morgan fingerprint density at radius 1 is 1.26 bits per heavy atom. The molecule has 0 radical (unpaired) electrons. The molecule has 0 unspecified atom stereocenters. The van der Waals surface area contributed by atoms with Crippen LogP contribution < -0.4 is 20.3 Å². The Kier molecular flexibility index (Phi) is 6.96. The minimum atomic E-state index is -0.512. The van der Waals surface area contributed by atoms with Crippen molar-refractivity contribution >= 4 is 17.4 Å². The predicted molar refractivity (Wildman–Crippen MR) is 116 cm³/mol. The van der Waals surface area contributed by atoms with Gasteiger partial charge in [0.15, 0.2) is 0 Å². The van der Waals surface area contributed by atoms with Crippen LogP contribution >= 0.6 is 0 Å². The van der Waals surface area contributed by atoms with E-state index in [0.717, 1.165) is 30.4 Å². The molecule has 0 saturated heterocycles. The fourth-order valence-electron chi connectivity index (χ4n) is 3.62. The summed E-state index contributed by atoms with van der Waals surface area (Å²) in [6.45, 7) is 0. The molecule has 31 heavy (non-hydrogen) atoms. The summed E-state index contributed by atoms with van der Waals surface area (Å²) in [5, 5.41) is 34.4. The maximum absolute atomic E-state index is 12.8. The van der Waals surface area contributed by atoms with Gasteiger partial charge in [-0.3, -0.25) is 9.69 Å². The monoisotopic (exact) mass is 428 g/mol. The fourth-order valence-corrected chi connectivity index (χ4v) is 3.62. The van der Waals surface area contributed by atoms with Crippen LogP contribution in [-0.2, 0) is 4.74 Å². The lowest BCUT2D eigenvalue weighted by Crippen LogP contribution is -2.45. The first-order chi connectivity index (χ1) is 14.8. The van der Waals surface area contributed by atoms with Gasteiger partial charge in [-0.15, -0.1) is 0 Å². The molecule has 0 aromatic carbocycles. The minimum absolute atomic E-state index is 0.0626. The highest BCUT2D eigenvalue weighted by atomic mass is 16.5. The Morgan fingerprint density at radius 2 is 1.97 bits per heavy atom. The summed E-state index contributed by atoms with van der Waals surface area (Å²) in [4.78, 5) is 14.5. The number of nitrogens with one attached hydrogen (secondary N) is 3. The summed E-state index contributed by atoms with van der Waals surface area (Å²) in [6, 6.07) is 5.13. The van der Waals surface area contributed by atoms with Crippen molar-refractivity contribution in [1.82, 2.24) is 10.6 Å². The zero-order valence-electron chi connectivity index (χ0n) is 18.1. The second kappa shape index (κ2) is 9.65. The van der Waals surface area contributed by atoms with Crippen molar-refractivity contribution in [3.05, 3.63) is 59.3 Å². The Bertz CT molecular complexity index is 943. The van der Waals surface area contributed by atoms with E-state index in [9.17, 15) is 15.1 Å². The van der Waals surface area contributed by atoms with E-state index in [1.54, 1.807) is 43.4 Å². The molecule has 1 aromatic rings. The van der Waals surface area contributed by atoms with Gasteiger partial charge in [-0.1, -0.05) is 0 Å². The maximum atomic E-state index is 12.8. The summed E-state index contributed by atoms with van der Waals surface area (Å²) in [6.07, 6.45) is 7.99. The van der Waals surface area contributed by atoms with Crippen LogP contribution in [0.15, 0.2) is 53.6 Å². The quantitative estimate of drug-likeness (QED) is 0.343. The summed E-state index contributed by atoms with van der Waals surface area (Å²) in [5.41, 5.74) is 1.31. The fraction of sp³-hybridized carbons (Fsp3) is 0.409. The number of aliphatic hydroxyl groups is 1. The first-order valence-corrected chi connectivity index (χ1v) is 10.2. The van der Waals surface area contributed by atoms with Crippen molar-refractivity contribution in [3.8, 4) is 0 Å². The van der Waals surface area contributed by atoms with Crippen LogP contribution in [0.3, 0.4) is 0 Å². The van der Waals surface area contributed by atoms with Gasteiger partial charge in [-0.2, -0.15) is 0 Å². The number of ether oxygens (including phenoxy) is 1. The third kappa shape index (κ3) is 5.24. The molecule has 2 aliphatic carbocycles. The largest absolute Gasteiger partial charge is 0.494 e. The Morgan fingerprint density at radius 3 is 2.61 bits per heavy atom. The summed E-state index contributed by atoms with van der Waals surface area (Å²) >= 11 is 0. The van der Waals surface area contributed by atoms with Crippen LogP contribution in [-0.4, -0.2) is 55.3 Å². The van der Waals surface area contributed by atoms with Gasteiger partial charge in [0.25, 0.3) is 5.91 Å². The lowest BCUT2D eigenvalue weighted by atomic mass is 9.93. The van der Waals surface area contributed by atoms with Gasteiger partial charge in [-0.25, -0.2) is 0 Å². The average Bonchev–Trinajstić information content (AvgIpc) is 2.74. The molecular formula is C22H30N5O4+. The number of aliphatic hydroxyl groups excluding tert-OH is 1. The molecule has 1 heterocycles. The molecule has 0 aliphatic heterocycles. The number of amides is 1. The highest BCUT2D eigenvalue weighted by Gasteiger charge is 2.25. The molecule has 1 saturated carbocycles. The number of rotatable bonds is 6. The number of allylic oxidation sites excluding steroid dienone is 3. The molecular weight excluding hydrogens is 398 g/mol. The summed E-state index contributed by atoms with van der Waals surface area (Å²) in [5.74, 6) is 0.295. The second-order valence-corrected chi connectivity index (χ2v) is 7.89.